The molecule has 1 aliphatic carbocycles. The Morgan fingerprint density at radius 2 is 2.00 bits per heavy atom. The number of carbonyl (C=O) groups is 1. The van der Waals surface area contributed by atoms with E-state index in [0.717, 1.165) is 18.5 Å². The van der Waals surface area contributed by atoms with Crippen LogP contribution in [-0.2, 0) is 16.6 Å². The largest absolute Gasteiger partial charge is 0.444 e. The van der Waals surface area contributed by atoms with Gasteiger partial charge in [-0.15, -0.1) is 0 Å². The summed E-state index contributed by atoms with van der Waals surface area (Å²) in [6.07, 6.45) is 4.95. The van der Waals surface area contributed by atoms with Gasteiger partial charge in [-0.1, -0.05) is 33.6 Å². The van der Waals surface area contributed by atoms with Crippen LogP contribution in [0.1, 0.15) is 63.8 Å². The van der Waals surface area contributed by atoms with E-state index in [1.165, 1.54) is 12.8 Å². The van der Waals surface area contributed by atoms with Crippen molar-refractivity contribution in [2.24, 2.45) is 0 Å². The lowest BCUT2D eigenvalue weighted by Gasteiger charge is -2.12. The van der Waals surface area contributed by atoms with Crippen LogP contribution >= 0.6 is 0 Å². The van der Waals surface area contributed by atoms with Crippen molar-refractivity contribution in [2.45, 2.75) is 71.3 Å². The monoisotopic (exact) mass is 264 g/mol. The first-order chi connectivity index (χ1) is 8.86. The molecule has 1 N–H and O–H groups in total. The van der Waals surface area contributed by atoms with Crippen LogP contribution in [0.3, 0.4) is 0 Å². The average molecular weight is 264 g/mol. The third-order valence-electron chi connectivity index (χ3n) is 3.58. The first-order valence-electron chi connectivity index (χ1n) is 7.12. The Balaban J connectivity index is 1.98. The normalized spacial score (nSPS) is 16.8. The number of rotatable bonds is 3. The molecule has 0 radical (unpaired) electrons. The molecular formula is C15H24N2O2. The summed E-state index contributed by atoms with van der Waals surface area (Å²) in [6, 6.07) is 0.359. The number of aryl methyl sites for hydroxylation is 1. The molecule has 1 amide bonds. The standard InChI is InChI=1S/C15H24N2O2/c1-10-12(19-14(16-10)15(2,3)4)9-13(18)17-11-7-5-6-8-11/h11H,5-9H2,1-4H3,(H,17,18). The van der Waals surface area contributed by atoms with Crippen LogP contribution in [0.5, 0.6) is 0 Å². The maximum Gasteiger partial charge on any atom is 0.227 e. The molecule has 1 heterocycles. The van der Waals surface area contributed by atoms with E-state index < -0.39 is 0 Å². The Kier molecular flexibility index (Phi) is 3.97. The highest BCUT2D eigenvalue weighted by atomic mass is 16.4. The van der Waals surface area contributed by atoms with Crippen LogP contribution in [0.15, 0.2) is 4.42 Å². The Morgan fingerprint density at radius 1 is 1.37 bits per heavy atom. The molecule has 0 aliphatic heterocycles. The summed E-state index contributed by atoms with van der Waals surface area (Å²) in [4.78, 5) is 16.4. The molecule has 106 valence electrons. The Bertz CT molecular complexity index is 451. The van der Waals surface area contributed by atoms with Crippen molar-refractivity contribution in [3.8, 4) is 0 Å². The maximum absolute atomic E-state index is 12.0. The summed E-state index contributed by atoms with van der Waals surface area (Å²) in [6.45, 7) is 8.07. The molecule has 2 rings (SSSR count). The van der Waals surface area contributed by atoms with Gasteiger partial charge in [-0.2, -0.15) is 0 Å². The van der Waals surface area contributed by atoms with Gasteiger partial charge >= 0.3 is 0 Å². The van der Waals surface area contributed by atoms with E-state index in [4.69, 9.17) is 4.42 Å². The zero-order chi connectivity index (χ0) is 14.0. The smallest absolute Gasteiger partial charge is 0.227 e. The van der Waals surface area contributed by atoms with Crippen LogP contribution in [0.25, 0.3) is 0 Å². The highest BCUT2D eigenvalue weighted by Crippen LogP contribution is 2.24. The van der Waals surface area contributed by atoms with E-state index in [1.807, 2.05) is 6.92 Å². The van der Waals surface area contributed by atoms with Crippen molar-refractivity contribution in [3.05, 3.63) is 17.3 Å². The number of oxazole rings is 1. The lowest BCUT2D eigenvalue weighted by Crippen LogP contribution is -2.33. The predicted octanol–water partition coefficient (Wildman–Crippen LogP) is 2.88. The molecule has 1 aromatic heterocycles. The van der Waals surface area contributed by atoms with Gasteiger partial charge < -0.3 is 9.73 Å². The molecule has 0 unspecified atom stereocenters. The quantitative estimate of drug-likeness (QED) is 0.913. The molecule has 1 fully saturated rings. The zero-order valence-electron chi connectivity index (χ0n) is 12.4. The fourth-order valence-electron chi connectivity index (χ4n) is 2.41. The minimum atomic E-state index is -0.120. The Morgan fingerprint density at radius 3 is 2.53 bits per heavy atom. The zero-order valence-corrected chi connectivity index (χ0v) is 12.4. The summed E-state index contributed by atoms with van der Waals surface area (Å²) < 4.78 is 5.74. The predicted molar refractivity (Wildman–Crippen MR) is 74.0 cm³/mol. The van der Waals surface area contributed by atoms with Gasteiger partial charge in [0.25, 0.3) is 0 Å². The second-order valence-electron chi connectivity index (χ2n) is 6.50. The molecule has 0 aromatic carbocycles. The fraction of sp³-hybridized carbons (Fsp3) is 0.733. The van der Waals surface area contributed by atoms with E-state index >= 15 is 0 Å². The minimum Gasteiger partial charge on any atom is -0.444 e. The van der Waals surface area contributed by atoms with Crippen molar-refractivity contribution in [2.75, 3.05) is 0 Å². The van der Waals surface area contributed by atoms with E-state index in [-0.39, 0.29) is 11.3 Å². The van der Waals surface area contributed by atoms with Crippen molar-refractivity contribution in [1.82, 2.24) is 10.3 Å². The second kappa shape index (κ2) is 5.35. The van der Waals surface area contributed by atoms with Gasteiger partial charge in [0, 0.05) is 11.5 Å². The molecule has 4 heteroatoms. The molecule has 0 saturated heterocycles. The van der Waals surface area contributed by atoms with Crippen LogP contribution in [-0.4, -0.2) is 16.9 Å². The minimum absolute atomic E-state index is 0.0478. The number of aromatic nitrogens is 1. The van der Waals surface area contributed by atoms with Crippen molar-refractivity contribution in [1.29, 1.82) is 0 Å². The highest BCUT2D eigenvalue weighted by Gasteiger charge is 2.24. The van der Waals surface area contributed by atoms with Gasteiger partial charge in [0.2, 0.25) is 5.91 Å². The molecular weight excluding hydrogens is 240 g/mol. The summed E-state index contributed by atoms with van der Waals surface area (Å²) in [5.74, 6) is 1.45. The average Bonchev–Trinajstić information content (AvgIpc) is 2.88. The van der Waals surface area contributed by atoms with E-state index in [9.17, 15) is 4.79 Å². The second-order valence-corrected chi connectivity index (χ2v) is 6.50. The molecule has 1 aliphatic rings. The number of nitrogens with zero attached hydrogens (tertiary/aromatic N) is 1. The van der Waals surface area contributed by atoms with Gasteiger partial charge in [0.15, 0.2) is 5.89 Å². The van der Waals surface area contributed by atoms with Gasteiger partial charge in [0.1, 0.15) is 5.76 Å². The summed E-state index contributed by atoms with van der Waals surface area (Å²) in [5.41, 5.74) is 0.705. The van der Waals surface area contributed by atoms with Gasteiger partial charge in [-0.3, -0.25) is 4.79 Å². The first-order valence-corrected chi connectivity index (χ1v) is 7.12. The number of nitrogens with one attached hydrogen (secondary N) is 1. The maximum atomic E-state index is 12.0. The molecule has 4 nitrogen and oxygen atoms in total. The van der Waals surface area contributed by atoms with Gasteiger partial charge in [-0.05, 0) is 19.8 Å². The molecule has 19 heavy (non-hydrogen) atoms. The highest BCUT2D eigenvalue weighted by molar-refractivity contribution is 5.78. The van der Waals surface area contributed by atoms with E-state index in [1.54, 1.807) is 0 Å². The van der Waals surface area contributed by atoms with Crippen LogP contribution in [0.2, 0.25) is 0 Å². The third kappa shape index (κ3) is 3.58. The lowest BCUT2D eigenvalue weighted by atomic mass is 9.97. The van der Waals surface area contributed by atoms with Crippen molar-refractivity contribution >= 4 is 5.91 Å². The third-order valence-corrected chi connectivity index (χ3v) is 3.58. The summed E-state index contributed by atoms with van der Waals surface area (Å²) in [7, 11) is 0. The molecule has 0 atom stereocenters. The van der Waals surface area contributed by atoms with Gasteiger partial charge in [-0.25, -0.2) is 4.98 Å². The van der Waals surface area contributed by atoms with Crippen molar-refractivity contribution < 1.29 is 9.21 Å². The molecule has 0 spiro atoms. The number of carbonyl (C=O) groups excluding carboxylic acids is 1. The first kappa shape index (κ1) is 14.1. The van der Waals surface area contributed by atoms with Crippen LogP contribution < -0.4 is 5.32 Å². The van der Waals surface area contributed by atoms with Crippen LogP contribution in [0.4, 0.5) is 0 Å². The molecule has 1 saturated carbocycles. The number of hydrogen-bond donors (Lipinski definition) is 1. The Labute approximate surface area is 115 Å². The van der Waals surface area contributed by atoms with Gasteiger partial charge in [0.05, 0.1) is 12.1 Å². The lowest BCUT2D eigenvalue weighted by molar-refractivity contribution is -0.121. The van der Waals surface area contributed by atoms with Crippen molar-refractivity contribution in [3.63, 3.8) is 0 Å². The Hall–Kier alpha value is -1.32. The molecule has 1 aromatic rings. The SMILES string of the molecule is Cc1nc(C(C)(C)C)oc1CC(=O)NC1CCCC1. The van der Waals surface area contributed by atoms with E-state index in [2.05, 4.69) is 31.1 Å². The van der Waals surface area contributed by atoms with E-state index in [0.29, 0.717) is 24.1 Å². The number of amides is 1. The topological polar surface area (TPSA) is 55.1 Å². The molecule has 0 bridgehead atoms. The van der Waals surface area contributed by atoms with Crippen LogP contribution in [0, 0.1) is 6.92 Å². The number of hydrogen-bond acceptors (Lipinski definition) is 3. The summed E-state index contributed by atoms with van der Waals surface area (Å²) >= 11 is 0. The fourth-order valence-corrected chi connectivity index (χ4v) is 2.41. The summed E-state index contributed by atoms with van der Waals surface area (Å²) in [5, 5.41) is 3.08.